The van der Waals surface area contributed by atoms with Crippen molar-refractivity contribution >= 4 is 5.71 Å². The summed E-state index contributed by atoms with van der Waals surface area (Å²) in [7, 11) is 1.95. The molecular weight excluding hydrogens is 234 g/mol. The Kier molecular flexibility index (Phi) is 6.04. The van der Waals surface area contributed by atoms with E-state index in [1.165, 1.54) is 25.0 Å². The van der Waals surface area contributed by atoms with Crippen molar-refractivity contribution in [2.24, 2.45) is 28.7 Å². The Hall–Kier alpha value is -0.370. The number of hydrogen-bond acceptors (Lipinski definition) is 2. The minimum absolute atomic E-state index is 0.148. The van der Waals surface area contributed by atoms with Crippen LogP contribution in [-0.4, -0.2) is 25.0 Å². The fraction of sp³-hybridized carbons (Fsp3) is 0.941. The van der Waals surface area contributed by atoms with Gasteiger partial charge in [-0.25, -0.2) is 0 Å². The van der Waals surface area contributed by atoms with Gasteiger partial charge in [0.05, 0.1) is 12.2 Å². The quantitative estimate of drug-likeness (QED) is 0.686. The molecule has 1 heterocycles. The molecule has 2 fully saturated rings. The second-order valence-electron chi connectivity index (χ2n) is 6.18. The molecule has 0 spiro atoms. The highest BCUT2D eigenvalue weighted by Crippen LogP contribution is 2.50. The van der Waals surface area contributed by atoms with Gasteiger partial charge in [0, 0.05) is 18.7 Å². The average molecular weight is 267 g/mol. The summed E-state index contributed by atoms with van der Waals surface area (Å²) in [6.45, 7) is 14.1. The van der Waals surface area contributed by atoms with E-state index >= 15 is 0 Å². The van der Waals surface area contributed by atoms with Gasteiger partial charge < -0.3 is 4.74 Å². The second-order valence-corrected chi connectivity index (χ2v) is 6.18. The van der Waals surface area contributed by atoms with E-state index in [9.17, 15) is 0 Å². The Bertz CT molecular complexity index is 312. The largest absolute Gasteiger partial charge is 0.374 e. The molecule has 0 aromatic carbocycles. The molecule has 2 bridgehead atoms. The molecule has 2 nitrogen and oxygen atoms in total. The first-order valence-corrected chi connectivity index (χ1v) is 8.14. The molecule has 19 heavy (non-hydrogen) atoms. The van der Waals surface area contributed by atoms with Gasteiger partial charge in [-0.2, -0.15) is 0 Å². The molecule has 2 rings (SSSR count). The summed E-state index contributed by atoms with van der Waals surface area (Å²) < 4.78 is 6.18. The first-order valence-electron chi connectivity index (χ1n) is 8.14. The Morgan fingerprint density at radius 2 is 2.05 bits per heavy atom. The molecular formula is C17H33NO. The summed E-state index contributed by atoms with van der Waals surface area (Å²) in [6.07, 6.45) is 3.73. The van der Waals surface area contributed by atoms with Gasteiger partial charge in [0.2, 0.25) is 0 Å². The van der Waals surface area contributed by atoms with Gasteiger partial charge in [0.15, 0.2) is 0 Å². The molecule has 0 amide bonds. The minimum atomic E-state index is 0.148. The monoisotopic (exact) mass is 267 g/mol. The number of rotatable bonds is 3. The van der Waals surface area contributed by atoms with Crippen molar-refractivity contribution in [2.75, 3.05) is 13.7 Å². The normalized spacial score (nSPS) is 39.5. The van der Waals surface area contributed by atoms with Crippen LogP contribution in [0.3, 0.4) is 0 Å². The van der Waals surface area contributed by atoms with Crippen molar-refractivity contribution in [3.63, 3.8) is 0 Å². The van der Waals surface area contributed by atoms with E-state index in [0.717, 1.165) is 12.5 Å². The molecule has 2 heteroatoms. The lowest BCUT2D eigenvalue weighted by atomic mass is 9.74. The zero-order chi connectivity index (χ0) is 14.6. The first kappa shape index (κ1) is 16.7. The van der Waals surface area contributed by atoms with Gasteiger partial charge >= 0.3 is 0 Å². The SMILES string of the molecule is CC.CC[C@@H](C)C(=NC)[C@H]1CO[C@]2(C)CC[C@H]1[C@H]2C. The molecule has 0 aromatic heterocycles. The number of hydrogen-bond donors (Lipinski definition) is 0. The summed E-state index contributed by atoms with van der Waals surface area (Å²) in [5.74, 6) is 2.65. The average Bonchev–Trinajstić information content (AvgIpc) is 2.62. The smallest absolute Gasteiger partial charge is 0.0683 e. The molecule has 1 saturated heterocycles. The number of aliphatic imine (C=N–C) groups is 1. The van der Waals surface area contributed by atoms with Crippen molar-refractivity contribution in [1.29, 1.82) is 0 Å². The molecule has 0 aromatic rings. The predicted octanol–water partition coefficient (Wildman–Crippen LogP) is 4.58. The van der Waals surface area contributed by atoms with Crippen LogP contribution in [0.25, 0.3) is 0 Å². The van der Waals surface area contributed by atoms with Gasteiger partial charge in [-0.15, -0.1) is 0 Å². The molecule has 112 valence electrons. The van der Waals surface area contributed by atoms with Gasteiger partial charge in [-0.1, -0.05) is 34.6 Å². The van der Waals surface area contributed by atoms with Crippen molar-refractivity contribution in [3.05, 3.63) is 0 Å². The van der Waals surface area contributed by atoms with Crippen LogP contribution in [0.4, 0.5) is 0 Å². The molecule has 0 unspecified atom stereocenters. The number of ether oxygens (including phenoxy) is 1. The van der Waals surface area contributed by atoms with Gasteiger partial charge in [-0.3, -0.25) is 4.99 Å². The summed E-state index contributed by atoms with van der Waals surface area (Å²) in [5, 5.41) is 0. The van der Waals surface area contributed by atoms with Crippen LogP contribution < -0.4 is 0 Å². The van der Waals surface area contributed by atoms with Crippen LogP contribution in [0.5, 0.6) is 0 Å². The number of fused-ring (bicyclic) bond motifs is 2. The van der Waals surface area contributed by atoms with Crippen molar-refractivity contribution in [3.8, 4) is 0 Å². The highest BCUT2D eigenvalue weighted by molar-refractivity contribution is 5.89. The van der Waals surface area contributed by atoms with Crippen LogP contribution in [0, 0.1) is 23.7 Å². The summed E-state index contributed by atoms with van der Waals surface area (Å²) in [5.41, 5.74) is 1.54. The second kappa shape index (κ2) is 6.88. The summed E-state index contributed by atoms with van der Waals surface area (Å²) in [4.78, 5) is 4.59. The zero-order valence-corrected chi connectivity index (χ0v) is 14.0. The lowest BCUT2D eigenvalue weighted by Crippen LogP contribution is -2.46. The van der Waals surface area contributed by atoms with E-state index in [1.54, 1.807) is 0 Å². The fourth-order valence-electron chi connectivity index (χ4n) is 3.81. The van der Waals surface area contributed by atoms with Gasteiger partial charge in [-0.05, 0) is 43.9 Å². The Labute approximate surface area is 120 Å². The van der Waals surface area contributed by atoms with Gasteiger partial charge in [0.25, 0.3) is 0 Å². The van der Waals surface area contributed by atoms with Gasteiger partial charge in [0.1, 0.15) is 0 Å². The van der Waals surface area contributed by atoms with E-state index in [0.29, 0.717) is 17.8 Å². The maximum absolute atomic E-state index is 6.18. The summed E-state index contributed by atoms with van der Waals surface area (Å²) in [6, 6.07) is 0. The zero-order valence-electron chi connectivity index (χ0n) is 14.0. The Morgan fingerprint density at radius 1 is 1.42 bits per heavy atom. The van der Waals surface area contributed by atoms with E-state index < -0.39 is 0 Å². The molecule has 2 aliphatic rings. The molecule has 5 atom stereocenters. The fourth-order valence-corrected chi connectivity index (χ4v) is 3.81. The predicted molar refractivity (Wildman–Crippen MR) is 83.9 cm³/mol. The van der Waals surface area contributed by atoms with Crippen molar-refractivity contribution < 1.29 is 4.74 Å². The van der Waals surface area contributed by atoms with Crippen LogP contribution in [0.15, 0.2) is 4.99 Å². The third-order valence-corrected chi connectivity index (χ3v) is 5.44. The van der Waals surface area contributed by atoms with E-state index in [-0.39, 0.29) is 5.60 Å². The van der Waals surface area contributed by atoms with Crippen LogP contribution in [0.1, 0.15) is 60.8 Å². The Morgan fingerprint density at radius 3 is 2.58 bits per heavy atom. The molecule has 0 radical (unpaired) electrons. The van der Waals surface area contributed by atoms with Crippen molar-refractivity contribution in [1.82, 2.24) is 0 Å². The van der Waals surface area contributed by atoms with Crippen LogP contribution in [-0.2, 0) is 4.74 Å². The molecule has 1 aliphatic carbocycles. The highest BCUT2D eigenvalue weighted by Gasteiger charge is 2.51. The standard InChI is InChI=1S/C15H27NO.C2H6/c1-6-10(2)14(16-5)13-9-17-15(4)8-7-12(13)11(15)3;1-2/h10-13H,6-9H2,1-5H3;1-2H3/t10-,11-,12+,13+,15-;/m1./s1. The third-order valence-electron chi connectivity index (χ3n) is 5.44. The van der Waals surface area contributed by atoms with Crippen LogP contribution >= 0.6 is 0 Å². The highest BCUT2D eigenvalue weighted by atomic mass is 16.5. The topological polar surface area (TPSA) is 21.6 Å². The molecule has 1 saturated carbocycles. The third kappa shape index (κ3) is 3.04. The minimum Gasteiger partial charge on any atom is -0.374 e. The van der Waals surface area contributed by atoms with E-state index in [4.69, 9.17) is 4.74 Å². The van der Waals surface area contributed by atoms with E-state index in [2.05, 4.69) is 32.7 Å². The molecule has 0 N–H and O–H groups in total. The maximum Gasteiger partial charge on any atom is 0.0683 e. The lowest BCUT2D eigenvalue weighted by molar-refractivity contribution is -0.104. The lowest BCUT2D eigenvalue weighted by Gasteiger charge is -2.42. The van der Waals surface area contributed by atoms with E-state index in [1.807, 2.05) is 20.9 Å². The Balaban J connectivity index is 0.000000861. The van der Waals surface area contributed by atoms with Crippen LogP contribution in [0.2, 0.25) is 0 Å². The first-order chi connectivity index (χ1) is 9.03. The number of nitrogens with zero attached hydrogens (tertiary/aromatic N) is 1. The van der Waals surface area contributed by atoms with Crippen molar-refractivity contribution in [2.45, 2.75) is 66.4 Å². The molecule has 1 aliphatic heterocycles. The summed E-state index contributed by atoms with van der Waals surface area (Å²) >= 11 is 0. The maximum atomic E-state index is 6.18.